The van der Waals surface area contributed by atoms with Crippen LogP contribution in [0.15, 0.2) is 42.5 Å². The first-order chi connectivity index (χ1) is 15.9. The molecule has 1 atom stereocenters. The number of carbonyl (C=O) groups excluding carboxylic acids is 1. The summed E-state index contributed by atoms with van der Waals surface area (Å²) in [4.78, 5) is 18.6. The summed E-state index contributed by atoms with van der Waals surface area (Å²) in [6, 6.07) is 13.3. The van der Waals surface area contributed by atoms with Crippen LogP contribution in [0.25, 0.3) is 22.4 Å². The van der Waals surface area contributed by atoms with Gasteiger partial charge in [-0.05, 0) is 51.0 Å². The lowest BCUT2D eigenvalue weighted by Gasteiger charge is -2.08. The number of phenols is 1. The Morgan fingerprint density at radius 2 is 1.61 bits per heavy atom. The van der Waals surface area contributed by atoms with Gasteiger partial charge in [-0.2, -0.15) is 0 Å². The highest BCUT2D eigenvalue weighted by Gasteiger charge is 2.10. The number of hydrogen-bond donors (Lipinski definition) is 2. The molecular weight excluding hydrogens is 408 g/mol. The molecule has 1 unspecified atom stereocenters. The first-order valence-electron chi connectivity index (χ1n) is 12.6. The van der Waals surface area contributed by atoms with Gasteiger partial charge >= 0.3 is 0 Å². The molecule has 1 heterocycles. The molecule has 1 aromatic heterocycles. The van der Waals surface area contributed by atoms with Crippen LogP contribution in [0.2, 0.25) is 0 Å². The molecule has 0 fully saturated rings. The minimum absolute atomic E-state index is 0.245. The van der Waals surface area contributed by atoms with Crippen LogP contribution < -0.4 is 0 Å². The molecule has 0 saturated heterocycles. The van der Waals surface area contributed by atoms with E-state index in [0.29, 0.717) is 17.5 Å². The van der Waals surface area contributed by atoms with Gasteiger partial charge in [0.1, 0.15) is 17.4 Å². The summed E-state index contributed by atoms with van der Waals surface area (Å²) in [6.45, 7) is 12.4. The van der Waals surface area contributed by atoms with Crippen LogP contribution in [0, 0.1) is 12.8 Å². The Bertz CT molecular complexity index is 909. The van der Waals surface area contributed by atoms with E-state index in [1.165, 1.54) is 38.5 Å². The summed E-state index contributed by atoms with van der Waals surface area (Å²) in [5, 5.41) is 9.85. The number of unbranched alkanes of at least 4 members (excludes halogenated alkanes) is 4. The number of aromatic nitrogens is 2. The monoisotopic (exact) mass is 452 g/mol. The van der Waals surface area contributed by atoms with Gasteiger partial charge in [0.15, 0.2) is 0 Å². The maximum absolute atomic E-state index is 10.9. The molecule has 0 saturated carbocycles. The summed E-state index contributed by atoms with van der Waals surface area (Å²) in [5.74, 6) is 1.64. The molecule has 0 aliphatic heterocycles. The molecule has 4 heteroatoms. The first-order valence-corrected chi connectivity index (χ1v) is 12.6. The molecule has 33 heavy (non-hydrogen) atoms. The van der Waals surface area contributed by atoms with Crippen molar-refractivity contribution in [2.75, 3.05) is 0 Å². The van der Waals surface area contributed by atoms with Crippen molar-refractivity contribution < 1.29 is 9.90 Å². The number of rotatable bonds is 9. The zero-order valence-corrected chi connectivity index (χ0v) is 21.6. The van der Waals surface area contributed by atoms with Gasteiger partial charge < -0.3 is 10.1 Å². The number of fused-ring (bicyclic) bond motifs is 1. The number of phenolic OH excluding ortho intramolecular Hbond substituents is 1. The van der Waals surface area contributed by atoms with Gasteiger partial charge in [-0.1, -0.05) is 90.0 Å². The average Bonchev–Trinajstić information content (AvgIpc) is 3.24. The number of H-pyrrole nitrogens is 1. The molecule has 0 radical (unpaired) electrons. The molecule has 2 aromatic carbocycles. The van der Waals surface area contributed by atoms with Crippen molar-refractivity contribution in [1.82, 2.24) is 9.97 Å². The minimum atomic E-state index is 0.245. The Labute approximate surface area is 200 Å². The van der Waals surface area contributed by atoms with Crippen molar-refractivity contribution in [3.63, 3.8) is 0 Å². The fraction of sp³-hybridized carbons (Fsp3) is 0.517. The third kappa shape index (κ3) is 10.2. The Morgan fingerprint density at radius 3 is 2.15 bits per heavy atom. The number of nitrogens with zero attached hydrogens (tertiary/aromatic N) is 1. The second-order valence-electron chi connectivity index (χ2n) is 8.69. The number of hydrogen-bond acceptors (Lipinski definition) is 3. The molecule has 4 nitrogen and oxygen atoms in total. The van der Waals surface area contributed by atoms with E-state index in [1.807, 2.05) is 43.3 Å². The summed E-state index contributed by atoms with van der Waals surface area (Å²) in [5.41, 5.74) is 3.71. The Hall–Kier alpha value is -2.62. The average molecular weight is 453 g/mol. The fourth-order valence-electron chi connectivity index (χ4n) is 3.57. The van der Waals surface area contributed by atoms with E-state index < -0.39 is 0 Å². The van der Waals surface area contributed by atoms with Crippen molar-refractivity contribution >= 4 is 16.8 Å². The number of Topliss-reactive ketones (excluding diaryl/α,β-unsaturated/α-hetero) is 1. The number of carbonyl (C=O) groups is 1. The largest absolute Gasteiger partial charge is 0.507 e. The van der Waals surface area contributed by atoms with Gasteiger partial charge in [0.25, 0.3) is 0 Å². The third-order valence-corrected chi connectivity index (χ3v) is 5.73. The zero-order chi connectivity index (χ0) is 24.6. The van der Waals surface area contributed by atoms with Gasteiger partial charge in [-0.15, -0.1) is 0 Å². The standard InChI is InChI=1S/C14H12N2O.C9H18O.C6H14/c1-9-6-7-13(17)10(8-9)14-15-11-4-2-3-5-12(11)16-14;1-4-6-7-9(5-2)8(3)10;1-3-5-6-4-2/h2-8,17H,1H3,(H,15,16);9H,4-7H2,1-3H3;3-6H2,1-2H3. The van der Waals surface area contributed by atoms with Crippen LogP contribution in [0.4, 0.5) is 0 Å². The second kappa shape index (κ2) is 16.1. The lowest BCUT2D eigenvalue weighted by Crippen LogP contribution is -2.08. The quantitative estimate of drug-likeness (QED) is 0.319. The first kappa shape index (κ1) is 28.4. The fourth-order valence-corrected chi connectivity index (χ4v) is 3.57. The predicted molar refractivity (Wildman–Crippen MR) is 142 cm³/mol. The second-order valence-corrected chi connectivity index (χ2v) is 8.69. The van der Waals surface area contributed by atoms with Gasteiger partial charge in [0.2, 0.25) is 0 Å². The van der Waals surface area contributed by atoms with E-state index in [1.54, 1.807) is 13.0 Å². The lowest BCUT2D eigenvalue weighted by molar-refractivity contribution is -0.121. The lowest BCUT2D eigenvalue weighted by atomic mass is 9.96. The van der Waals surface area contributed by atoms with Crippen LogP contribution in [0.1, 0.15) is 91.5 Å². The van der Waals surface area contributed by atoms with Crippen molar-refractivity contribution in [3.8, 4) is 17.1 Å². The van der Waals surface area contributed by atoms with E-state index in [9.17, 15) is 9.90 Å². The molecule has 182 valence electrons. The smallest absolute Gasteiger partial charge is 0.142 e. The van der Waals surface area contributed by atoms with Crippen LogP contribution in [-0.4, -0.2) is 20.9 Å². The summed E-state index contributed by atoms with van der Waals surface area (Å²) in [6.07, 6.45) is 10.0. The van der Waals surface area contributed by atoms with Gasteiger partial charge in [-0.25, -0.2) is 4.98 Å². The number of ketones is 1. The number of aromatic hydroxyl groups is 1. The number of aromatic amines is 1. The molecule has 0 aliphatic carbocycles. The highest BCUT2D eigenvalue weighted by molar-refractivity contribution is 5.80. The maximum Gasteiger partial charge on any atom is 0.142 e. The number of para-hydroxylation sites is 2. The van der Waals surface area contributed by atoms with Crippen LogP contribution in [0.3, 0.4) is 0 Å². The number of benzene rings is 2. The van der Waals surface area contributed by atoms with Gasteiger partial charge in [0.05, 0.1) is 16.6 Å². The number of imidazole rings is 1. The third-order valence-electron chi connectivity index (χ3n) is 5.73. The molecule has 3 aromatic rings. The Kier molecular flexibility index (Phi) is 13.8. The summed E-state index contributed by atoms with van der Waals surface area (Å²) < 4.78 is 0. The van der Waals surface area contributed by atoms with E-state index in [-0.39, 0.29) is 5.75 Å². The molecule has 3 rings (SSSR count). The molecule has 2 N–H and O–H groups in total. The SMILES string of the molecule is CCCCC(CC)C(C)=O.CCCCCC.Cc1ccc(O)c(-c2nc3ccccc3[nH]2)c1. The van der Waals surface area contributed by atoms with E-state index in [0.717, 1.165) is 35.0 Å². The molecule has 0 aliphatic rings. The number of nitrogens with one attached hydrogen (secondary N) is 1. The topological polar surface area (TPSA) is 66.0 Å². The molecule has 0 bridgehead atoms. The van der Waals surface area contributed by atoms with Crippen molar-refractivity contribution in [2.45, 2.75) is 92.9 Å². The molecular formula is C29H44N2O2. The maximum atomic E-state index is 10.9. The van der Waals surface area contributed by atoms with E-state index in [4.69, 9.17) is 0 Å². The summed E-state index contributed by atoms with van der Waals surface area (Å²) >= 11 is 0. The Balaban J connectivity index is 0.000000291. The van der Waals surface area contributed by atoms with Gasteiger partial charge in [-0.3, -0.25) is 4.79 Å². The van der Waals surface area contributed by atoms with Crippen molar-refractivity contribution in [3.05, 3.63) is 48.0 Å². The molecule has 0 spiro atoms. The summed E-state index contributed by atoms with van der Waals surface area (Å²) in [7, 11) is 0. The van der Waals surface area contributed by atoms with E-state index in [2.05, 4.69) is 37.7 Å². The normalized spacial score (nSPS) is 11.2. The number of aryl methyl sites for hydroxylation is 1. The van der Waals surface area contributed by atoms with Crippen LogP contribution in [-0.2, 0) is 4.79 Å². The van der Waals surface area contributed by atoms with E-state index >= 15 is 0 Å². The predicted octanol–water partition coefficient (Wildman–Crippen LogP) is 8.62. The van der Waals surface area contributed by atoms with Crippen LogP contribution in [0.5, 0.6) is 5.75 Å². The minimum Gasteiger partial charge on any atom is -0.507 e. The van der Waals surface area contributed by atoms with Crippen LogP contribution >= 0.6 is 0 Å². The molecule has 0 amide bonds. The zero-order valence-electron chi connectivity index (χ0n) is 21.6. The Morgan fingerprint density at radius 1 is 0.970 bits per heavy atom. The van der Waals surface area contributed by atoms with Crippen molar-refractivity contribution in [1.29, 1.82) is 0 Å². The van der Waals surface area contributed by atoms with Crippen molar-refractivity contribution in [2.24, 2.45) is 5.92 Å². The highest BCUT2D eigenvalue weighted by atomic mass is 16.3. The van der Waals surface area contributed by atoms with Gasteiger partial charge in [0, 0.05) is 5.92 Å². The highest BCUT2D eigenvalue weighted by Crippen LogP contribution is 2.29.